The van der Waals surface area contributed by atoms with Crippen LogP contribution < -0.4 is 11.5 Å². The summed E-state index contributed by atoms with van der Waals surface area (Å²) in [5.74, 6) is -2.99. The number of hydrogen-bond acceptors (Lipinski definition) is 13. The van der Waals surface area contributed by atoms with Crippen molar-refractivity contribution in [2.24, 2.45) is 11.5 Å². The number of esters is 4. The van der Waals surface area contributed by atoms with Crippen molar-refractivity contribution in [3.63, 3.8) is 0 Å². The molecule has 46 heavy (non-hydrogen) atoms. The summed E-state index contributed by atoms with van der Waals surface area (Å²) in [7, 11) is 0. The first-order valence-corrected chi connectivity index (χ1v) is 15.7. The summed E-state index contributed by atoms with van der Waals surface area (Å²) in [5, 5.41) is 0. The zero-order valence-electron chi connectivity index (χ0n) is 30.3. The Balaban J connectivity index is 6.07. The molecule has 0 rings (SSSR count). The van der Waals surface area contributed by atoms with Gasteiger partial charge in [-0.2, -0.15) is 0 Å². The maximum Gasteiger partial charge on any atom is 0.324 e. The zero-order chi connectivity index (χ0) is 36.1. The Labute approximate surface area is 275 Å². The molecular formula is C32H61N5O9. The molecule has 0 spiro atoms. The van der Waals surface area contributed by atoms with Gasteiger partial charge in [0.2, 0.25) is 5.91 Å². The van der Waals surface area contributed by atoms with E-state index in [1.165, 1.54) is 4.90 Å². The first kappa shape index (κ1) is 43.2. The lowest BCUT2D eigenvalue weighted by Gasteiger charge is -2.34. The third kappa shape index (κ3) is 22.7. The van der Waals surface area contributed by atoms with Gasteiger partial charge in [0, 0.05) is 39.3 Å². The molecule has 0 aromatic carbocycles. The predicted molar refractivity (Wildman–Crippen MR) is 174 cm³/mol. The molecule has 0 aliphatic carbocycles. The molecule has 14 nitrogen and oxygen atoms in total. The molecule has 1 unspecified atom stereocenters. The minimum absolute atomic E-state index is 0.142. The van der Waals surface area contributed by atoms with Crippen molar-refractivity contribution in [2.45, 2.75) is 118 Å². The largest absolute Gasteiger partial charge is 0.459 e. The number of amides is 1. The number of carbonyl (C=O) groups excluding carboxylic acids is 5. The molecule has 0 saturated carbocycles. The summed E-state index contributed by atoms with van der Waals surface area (Å²) in [6.45, 7) is 22.1. The molecule has 268 valence electrons. The van der Waals surface area contributed by atoms with Gasteiger partial charge in [-0.3, -0.25) is 38.7 Å². The lowest BCUT2D eigenvalue weighted by atomic mass is 10.1. The van der Waals surface area contributed by atoms with Gasteiger partial charge in [-0.15, -0.1) is 0 Å². The monoisotopic (exact) mass is 659 g/mol. The van der Waals surface area contributed by atoms with E-state index in [9.17, 15) is 24.0 Å². The van der Waals surface area contributed by atoms with Crippen LogP contribution >= 0.6 is 0 Å². The fourth-order valence-electron chi connectivity index (χ4n) is 4.20. The van der Waals surface area contributed by atoms with Crippen LogP contribution in [0.4, 0.5) is 0 Å². The molecule has 0 heterocycles. The van der Waals surface area contributed by atoms with E-state index in [-0.39, 0.29) is 39.1 Å². The summed E-state index contributed by atoms with van der Waals surface area (Å²) >= 11 is 0. The third-order valence-corrected chi connectivity index (χ3v) is 5.69. The maximum absolute atomic E-state index is 13.2. The quantitative estimate of drug-likeness (QED) is 0.159. The Kier molecular flexibility index (Phi) is 17.4. The zero-order valence-corrected chi connectivity index (χ0v) is 30.3. The molecule has 0 aromatic heterocycles. The second-order valence-electron chi connectivity index (χ2n) is 15.3. The number of carbonyl (C=O) groups is 5. The fraction of sp³-hybridized carbons (Fsp3) is 0.844. The molecule has 0 saturated heterocycles. The Morgan fingerprint density at radius 3 is 1.28 bits per heavy atom. The first-order valence-electron chi connectivity index (χ1n) is 15.7. The summed E-state index contributed by atoms with van der Waals surface area (Å²) in [4.78, 5) is 68.6. The number of hydrogen-bond donors (Lipinski definition) is 2. The minimum atomic E-state index is -1.14. The number of nitrogens with two attached hydrogens (primary N) is 2. The lowest BCUT2D eigenvalue weighted by Crippen LogP contribution is -2.52. The maximum atomic E-state index is 13.2. The van der Waals surface area contributed by atoms with Crippen molar-refractivity contribution in [2.75, 3.05) is 58.9 Å². The number of ether oxygens (including phenoxy) is 4. The van der Waals surface area contributed by atoms with E-state index >= 15 is 0 Å². The SMILES string of the molecule is CC(C)(C)OC(=O)CN(CCN(CCN)CCN(CC(=O)OC(C)(C)C)C(CC(N)=O)C(=O)OC(C)(C)C)CC(=O)OC(C)(C)C. The third-order valence-electron chi connectivity index (χ3n) is 5.69. The van der Waals surface area contributed by atoms with Gasteiger partial charge in [0.1, 0.15) is 28.4 Å². The standard InChI is InChI=1S/C32H61N5O9/c1-29(2,3)43-25(39)20-36(21-26(40)44-30(4,5)6)16-15-35(14-13-33)17-18-37(22-27(41)45-31(7,8)9)23(19-24(34)38)28(42)46-32(10,11)12/h23H,13-22,33H2,1-12H3,(H2,34,38). The lowest BCUT2D eigenvalue weighted by molar-refractivity contribution is -0.166. The van der Waals surface area contributed by atoms with E-state index in [0.29, 0.717) is 26.2 Å². The van der Waals surface area contributed by atoms with Crippen LogP contribution in [0.2, 0.25) is 0 Å². The molecule has 0 aromatic rings. The van der Waals surface area contributed by atoms with Crippen LogP contribution in [-0.2, 0) is 42.9 Å². The predicted octanol–water partition coefficient (Wildman–Crippen LogP) is 1.46. The van der Waals surface area contributed by atoms with Crippen molar-refractivity contribution >= 4 is 29.8 Å². The highest BCUT2D eigenvalue weighted by atomic mass is 16.6. The van der Waals surface area contributed by atoms with Crippen LogP contribution in [0.25, 0.3) is 0 Å². The average Bonchev–Trinajstić information content (AvgIpc) is 2.78. The Hall–Kier alpha value is -2.81. The van der Waals surface area contributed by atoms with Crippen LogP contribution in [0.15, 0.2) is 0 Å². The Morgan fingerprint density at radius 2 is 0.913 bits per heavy atom. The highest BCUT2D eigenvalue weighted by Gasteiger charge is 2.34. The van der Waals surface area contributed by atoms with E-state index in [1.807, 2.05) is 4.90 Å². The van der Waals surface area contributed by atoms with Crippen molar-refractivity contribution in [1.82, 2.24) is 14.7 Å². The van der Waals surface area contributed by atoms with Crippen LogP contribution in [-0.4, -0.2) is 132 Å². The van der Waals surface area contributed by atoms with Gasteiger partial charge in [0.25, 0.3) is 0 Å². The number of nitrogens with zero attached hydrogens (tertiary/aromatic N) is 3. The van der Waals surface area contributed by atoms with E-state index in [1.54, 1.807) is 88.0 Å². The van der Waals surface area contributed by atoms with Crippen molar-refractivity contribution in [1.29, 1.82) is 0 Å². The van der Waals surface area contributed by atoms with Crippen molar-refractivity contribution in [3.8, 4) is 0 Å². The van der Waals surface area contributed by atoms with E-state index in [2.05, 4.69) is 0 Å². The topological polar surface area (TPSA) is 184 Å². The van der Waals surface area contributed by atoms with E-state index in [4.69, 9.17) is 30.4 Å². The molecule has 4 N–H and O–H groups in total. The summed E-state index contributed by atoms with van der Waals surface area (Å²) in [6, 6.07) is -1.14. The number of rotatable bonds is 18. The smallest absolute Gasteiger partial charge is 0.324 e. The highest BCUT2D eigenvalue weighted by molar-refractivity contribution is 5.85. The molecular weight excluding hydrogens is 598 g/mol. The van der Waals surface area contributed by atoms with Crippen LogP contribution in [0, 0.1) is 0 Å². The van der Waals surface area contributed by atoms with Crippen LogP contribution in [0.5, 0.6) is 0 Å². The Morgan fingerprint density at radius 1 is 0.543 bits per heavy atom. The van der Waals surface area contributed by atoms with Gasteiger partial charge < -0.3 is 30.4 Å². The molecule has 14 heteroatoms. The normalized spacial score (nSPS) is 13.5. The van der Waals surface area contributed by atoms with Gasteiger partial charge in [-0.25, -0.2) is 0 Å². The molecule has 0 bridgehead atoms. The second kappa shape index (κ2) is 18.5. The number of primary amides is 1. The summed E-state index contributed by atoms with van der Waals surface area (Å²) in [5.41, 5.74) is 8.40. The van der Waals surface area contributed by atoms with Crippen molar-refractivity contribution < 1.29 is 42.9 Å². The first-order chi connectivity index (χ1) is 20.7. The van der Waals surface area contributed by atoms with Gasteiger partial charge >= 0.3 is 23.9 Å². The van der Waals surface area contributed by atoms with E-state index in [0.717, 1.165) is 0 Å². The summed E-state index contributed by atoms with van der Waals surface area (Å²) < 4.78 is 22.0. The molecule has 0 aliphatic rings. The molecule has 0 aliphatic heterocycles. The molecule has 1 atom stereocenters. The average molecular weight is 660 g/mol. The Bertz CT molecular complexity index is 977. The van der Waals surface area contributed by atoms with Gasteiger partial charge in [-0.05, 0) is 83.1 Å². The summed E-state index contributed by atoms with van der Waals surface area (Å²) in [6.07, 6.45) is -0.367. The van der Waals surface area contributed by atoms with Crippen LogP contribution in [0.3, 0.4) is 0 Å². The molecule has 0 radical (unpaired) electrons. The van der Waals surface area contributed by atoms with Crippen LogP contribution in [0.1, 0.15) is 89.5 Å². The van der Waals surface area contributed by atoms with E-state index < -0.39 is 58.2 Å². The van der Waals surface area contributed by atoms with Crippen molar-refractivity contribution in [3.05, 3.63) is 0 Å². The van der Waals surface area contributed by atoms with Gasteiger partial charge in [0.15, 0.2) is 0 Å². The molecule has 1 amide bonds. The highest BCUT2D eigenvalue weighted by Crippen LogP contribution is 2.16. The van der Waals surface area contributed by atoms with Gasteiger partial charge in [-0.1, -0.05) is 0 Å². The molecule has 0 fully saturated rings. The minimum Gasteiger partial charge on any atom is -0.459 e. The second-order valence-corrected chi connectivity index (χ2v) is 15.3. The van der Waals surface area contributed by atoms with Gasteiger partial charge in [0.05, 0.1) is 26.1 Å². The fourth-order valence-corrected chi connectivity index (χ4v) is 4.20.